The molecule has 1 amide bonds. The third-order valence-electron chi connectivity index (χ3n) is 5.99. The molecule has 192 valence electrons. The summed E-state index contributed by atoms with van der Waals surface area (Å²) in [5.41, 5.74) is 2.80. The number of benzene rings is 3. The van der Waals surface area contributed by atoms with Crippen LogP contribution in [0.4, 0.5) is 5.69 Å². The van der Waals surface area contributed by atoms with E-state index in [1.54, 1.807) is 24.3 Å². The maximum atomic E-state index is 12.5. The molecule has 0 unspecified atom stereocenters. The topological polar surface area (TPSA) is 87.7 Å². The summed E-state index contributed by atoms with van der Waals surface area (Å²) in [5.74, 6) is 1.57. The summed E-state index contributed by atoms with van der Waals surface area (Å²) in [5, 5.41) is 3.07. The van der Waals surface area contributed by atoms with Crippen molar-refractivity contribution in [3.63, 3.8) is 0 Å². The van der Waals surface area contributed by atoms with Gasteiger partial charge in [0, 0.05) is 24.7 Å². The van der Waals surface area contributed by atoms with Crippen molar-refractivity contribution in [2.45, 2.75) is 25.9 Å². The van der Waals surface area contributed by atoms with Gasteiger partial charge in [0.2, 0.25) is 15.9 Å². The summed E-state index contributed by atoms with van der Waals surface area (Å²) in [6.45, 7) is 3.21. The number of amides is 1. The number of nitrogens with zero attached hydrogens (tertiary/aromatic N) is 1. The number of ether oxygens (including phenoxy) is 1. The molecule has 0 spiro atoms. The summed E-state index contributed by atoms with van der Waals surface area (Å²) in [6, 6.07) is 24.7. The first-order valence-electron chi connectivity index (χ1n) is 11.7. The first-order valence-corrected chi connectivity index (χ1v) is 13.6. The maximum absolute atomic E-state index is 12.5. The highest BCUT2D eigenvalue weighted by atomic mass is 35.5. The average Bonchev–Trinajstić information content (AvgIpc) is 2.85. The van der Waals surface area contributed by atoms with Gasteiger partial charge in [0.05, 0.1) is 6.26 Å². The van der Waals surface area contributed by atoms with Gasteiger partial charge >= 0.3 is 0 Å². The van der Waals surface area contributed by atoms with Crippen LogP contribution in [-0.4, -0.2) is 38.6 Å². The Balaban J connectivity index is 0.00000361. The quantitative estimate of drug-likeness (QED) is 0.416. The molecule has 1 aliphatic rings. The van der Waals surface area contributed by atoms with Crippen molar-refractivity contribution in [3.8, 4) is 11.5 Å². The molecule has 0 bridgehead atoms. The number of carbonyl (C=O) groups excluding carboxylic acids is 1. The van der Waals surface area contributed by atoms with Crippen molar-refractivity contribution >= 4 is 34.0 Å². The molecule has 3 aromatic carbocycles. The van der Waals surface area contributed by atoms with Gasteiger partial charge in [-0.05, 0) is 73.5 Å². The molecule has 3 aromatic rings. The summed E-state index contributed by atoms with van der Waals surface area (Å²) < 4.78 is 30.9. The summed E-state index contributed by atoms with van der Waals surface area (Å²) in [4.78, 5) is 14.9. The molecule has 36 heavy (non-hydrogen) atoms. The van der Waals surface area contributed by atoms with Gasteiger partial charge in [0.15, 0.2) is 0 Å². The zero-order chi connectivity index (χ0) is 24.7. The van der Waals surface area contributed by atoms with Crippen molar-refractivity contribution in [2.75, 3.05) is 24.1 Å². The first kappa shape index (κ1) is 27.5. The number of hydrogen-bond donors (Lipinski definition) is 2. The Morgan fingerprint density at radius 1 is 0.889 bits per heavy atom. The van der Waals surface area contributed by atoms with E-state index in [0.717, 1.165) is 44.3 Å². The lowest BCUT2D eigenvalue weighted by Gasteiger charge is -2.31. The molecule has 0 radical (unpaired) electrons. The highest BCUT2D eigenvalue weighted by Crippen LogP contribution is 2.25. The second-order valence-corrected chi connectivity index (χ2v) is 10.6. The number of halogens is 1. The largest absolute Gasteiger partial charge is 0.457 e. The minimum Gasteiger partial charge on any atom is -0.457 e. The van der Waals surface area contributed by atoms with Crippen molar-refractivity contribution < 1.29 is 17.9 Å². The molecule has 0 saturated carbocycles. The predicted octanol–water partition coefficient (Wildman–Crippen LogP) is 4.80. The second kappa shape index (κ2) is 12.8. The highest BCUT2D eigenvalue weighted by Gasteiger charge is 2.24. The van der Waals surface area contributed by atoms with Crippen LogP contribution in [0, 0.1) is 5.92 Å². The van der Waals surface area contributed by atoms with Crippen LogP contribution in [0.25, 0.3) is 0 Å². The number of carbonyl (C=O) groups is 1. The molecular weight excluding hydrogens is 498 g/mol. The van der Waals surface area contributed by atoms with Crippen LogP contribution in [0.1, 0.15) is 24.0 Å². The number of likely N-dealkylation sites (tertiary alicyclic amines) is 1. The van der Waals surface area contributed by atoms with Crippen LogP contribution >= 0.6 is 12.4 Å². The lowest BCUT2D eigenvalue weighted by molar-refractivity contribution is -0.126. The fraction of sp³-hybridized carbons (Fsp3) is 0.296. The van der Waals surface area contributed by atoms with Crippen LogP contribution < -0.4 is 14.8 Å². The van der Waals surface area contributed by atoms with Gasteiger partial charge in [-0.25, -0.2) is 8.42 Å². The van der Waals surface area contributed by atoms with Gasteiger partial charge in [-0.15, -0.1) is 12.4 Å². The van der Waals surface area contributed by atoms with E-state index in [0.29, 0.717) is 23.7 Å². The standard InChI is InChI=1S/C27H31N3O4S.ClH/c1-35(32,33)29-24-9-13-26(14-10-24)34-25-11-7-22(8-12-25)20-30-17-15-23(16-18-30)27(31)28-19-21-5-3-2-4-6-21;/h2-14,23,29H,15-20H2,1H3,(H,28,31);1H. The fourth-order valence-corrected chi connectivity index (χ4v) is 4.71. The van der Waals surface area contributed by atoms with Crippen LogP contribution in [0.3, 0.4) is 0 Å². The van der Waals surface area contributed by atoms with E-state index >= 15 is 0 Å². The third kappa shape index (κ3) is 8.55. The number of sulfonamides is 1. The molecule has 9 heteroatoms. The molecule has 2 N–H and O–H groups in total. The smallest absolute Gasteiger partial charge is 0.229 e. The van der Waals surface area contributed by atoms with Crippen LogP contribution in [0.5, 0.6) is 11.5 Å². The zero-order valence-electron chi connectivity index (χ0n) is 20.2. The first-order chi connectivity index (χ1) is 16.8. The van der Waals surface area contributed by atoms with Gasteiger partial charge in [-0.3, -0.25) is 14.4 Å². The second-order valence-electron chi connectivity index (χ2n) is 8.90. The van der Waals surface area contributed by atoms with E-state index in [2.05, 4.69) is 14.9 Å². The fourth-order valence-electron chi connectivity index (χ4n) is 4.14. The van der Waals surface area contributed by atoms with Gasteiger partial charge in [-0.2, -0.15) is 0 Å². The molecule has 1 saturated heterocycles. The molecule has 1 fully saturated rings. The molecule has 4 rings (SSSR count). The molecule has 7 nitrogen and oxygen atoms in total. The Morgan fingerprint density at radius 3 is 2.06 bits per heavy atom. The monoisotopic (exact) mass is 529 g/mol. The summed E-state index contributed by atoms with van der Waals surface area (Å²) >= 11 is 0. The van der Waals surface area contributed by atoms with E-state index in [1.165, 1.54) is 5.56 Å². The minimum atomic E-state index is -3.30. The van der Waals surface area contributed by atoms with Gasteiger partial charge in [0.1, 0.15) is 11.5 Å². The summed E-state index contributed by atoms with van der Waals surface area (Å²) in [6.07, 6.45) is 2.85. The molecule has 0 aromatic heterocycles. The Kier molecular flexibility index (Phi) is 9.75. The Bertz CT molecular complexity index is 1210. The molecule has 1 aliphatic heterocycles. The predicted molar refractivity (Wildman–Crippen MR) is 145 cm³/mol. The lowest BCUT2D eigenvalue weighted by Crippen LogP contribution is -2.40. The number of piperidine rings is 1. The Morgan fingerprint density at radius 2 is 1.47 bits per heavy atom. The Hall–Kier alpha value is -3.07. The molecule has 0 aliphatic carbocycles. The van der Waals surface area contributed by atoms with Gasteiger partial charge in [0.25, 0.3) is 0 Å². The van der Waals surface area contributed by atoms with Gasteiger partial charge < -0.3 is 10.1 Å². The van der Waals surface area contributed by atoms with Crippen LogP contribution in [0.2, 0.25) is 0 Å². The Labute approximate surface area is 219 Å². The van der Waals surface area contributed by atoms with Gasteiger partial charge in [-0.1, -0.05) is 42.5 Å². The van der Waals surface area contributed by atoms with Crippen LogP contribution in [-0.2, 0) is 27.9 Å². The van der Waals surface area contributed by atoms with Crippen molar-refractivity contribution in [3.05, 3.63) is 90.0 Å². The normalized spacial score (nSPS) is 14.5. The van der Waals surface area contributed by atoms with E-state index in [9.17, 15) is 13.2 Å². The number of rotatable bonds is 9. The van der Waals surface area contributed by atoms with E-state index in [4.69, 9.17) is 4.74 Å². The van der Waals surface area contributed by atoms with Crippen molar-refractivity contribution in [1.82, 2.24) is 10.2 Å². The number of hydrogen-bond acceptors (Lipinski definition) is 5. The van der Waals surface area contributed by atoms with E-state index in [1.807, 2.05) is 54.6 Å². The summed E-state index contributed by atoms with van der Waals surface area (Å²) in [7, 11) is -3.30. The molecular formula is C27H32ClN3O4S. The molecule has 1 heterocycles. The van der Waals surface area contributed by atoms with Crippen LogP contribution in [0.15, 0.2) is 78.9 Å². The average molecular weight is 530 g/mol. The molecule has 0 atom stereocenters. The lowest BCUT2D eigenvalue weighted by atomic mass is 9.95. The van der Waals surface area contributed by atoms with E-state index in [-0.39, 0.29) is 24.2 Å². The van der Waals surface area contributed by atoms with Crippen molar-refractivity contribution in [2.24, 2.45) is 5.92 Å². The third-order valence-corrected chi connectivity index (χ3v) is 6.60. The zero-order valence-corrected chi connectivity index (χ0v) is 21.9. The maximum Gasteiger partial charge on any atom is 0.229 e. The van der Waals surface area contributed by atoms with Crippen molar-refractivity contribution in [1.29, 1.82) is 0 Å². The SMILES string of the molecule is CS(=O)(=O)Nc1ccc(Oc2ccc(CN3CCC(C(=O)NCc4ccccc4)CC3)cc2)cc1.Cl. The number of nitrogens with one attached hydrogen (secondary N) is 2. The van der Waals surface area contributed by atoms with E-state index < -0.39 is 10.0 Å². The number of anilines is 1. The minimum absolute atomic E-state index is 0. The highest BCUT2D eigenvalue weighted by molar-refractivity contribution is 7.92.